The van der Waals surface area contributed by atoms with Crippen molar-refractivity contribution in [3.05, 3.63) is 63.9 Å². The standard InChI is InChI=1S/C16H17ClFNO/c1-10-5-4-6-12(15(10)17)16(19-2)11-7-8-14(20-3)13(18)9-11/h4-9,16,19H,1-3H3. The van der Waals surface area contributed by atoms with Crippen LogP contribution in [0.2, 0.25) is 5.02 Å². The molecule has 106 valence electrons. The van der Waals surface area contributed by atoms with Crippen molar-refractivity contribution in [2.45, 2.75) is 13.0 Å². The van der Waals surface area contributed by atoms with E-state index in [9.17, 15) is 4.39 Å². The van der Waals surface area contributed by atoms with Crippen molar-refractivity contribution in [1.29, 1.82) is 0 Å². The molecule has 1 unspecified atom stereocenters. The van der Waals surface area contributed by atoms with Gasteiger partial charge in [0.1, 0.15) is 0 Å². The van der Waals surface area contributed by atoms with E-state index in [4.69, 9.17) is 16.3 Å². The first-order valence-electron chi connectivity index (χ1n) is 6.34. The van der Waals surface area contributed by atoms with Gasteiger partial charge in [-0.25, -0.2) is 4.39 Å². The van der Waals surface area contributed by atoms with Gasteiger partial charge < -0.3 is 10.1 Å². The molecule has 2 aromatic carbocycles. The highest BCUT2D eigenvalue weighted by Crippen LogP contribution is 2.31. The Morgan fingerprint density at radius 2 is 2.00 bits per heavy atom. The number of ether oxygens (including phenoxy) is 1. The SMILES string of the molecule is CNC(c1ccc(OC)c(F)c1)c1cccc(C)c1Cl. The second kappa shape index (κ2) is 6.25. The highest BCUT2D eigenvalue weighted by Gasteiger charge is 2.17. The molecule has 4 heteroatoms. The molecule has 1 N–H and O–H groups in total. The predicted molar refractivity (Wildman–Crippen MR) is 80.0 cm³/mol. The Bertz CT molecular complexity index is 615. The molecule has 0 spiro atoms. The second-order valence-electron chi connectivity index (χ2n) is 4.59. The lowest BCUT2D eigenvalue weighted by molar-refractivity contribution is 0.386. The van der Waals surface area contributed by atoms with Crippen LogP contribution < -0.4 is 10.1 Å². The molecule has 0 radical (unpaired) electrons. The summed E-state index contributed by atoms with van der Waals surface area (Å²) in [5.74, 6) is -0.145. The first kappa shape index (κ1) is 14.8. The molecule has 2 rings (SSSR count). The minimum atomic E-state index is -0.381. The molecule has 20 heavy (non-hydrogen) atoms. The molecule has 0 aliphatic rings. The van der Waals surface area contributed by atoms with Gasteiger partial charge in [0.15, 0.2) is 11.6 Å². The van der Waals surface area contributed by atoms with Crippen molar-refractivity contribution in [2.75, 3.05) is 14.2 Å². The van der Waals surface area contributed by atoms with Crippen LogP contribution in [0.15, 0.2) is 36.4 Å². The molecule has 0 aliphatic carbocycles. The van der Waals surface area contributed by atoms with E-state index in [1.54, 1.807) is 6.07 Å². The number of rotatable bonds is 4. The van der Waals surface area contributed by atoms with Gasteiger partial charge in [-0.1, -0.05) is 35.9 Å². The average Bonchev–Trinajstić information content (AvgIpc) is 2.44. The molecule has 0 aliphatic heterocycles. The summed E-state index contributed by atoms with van der Waals surface area (Å²) in [5.41, 5.74) is 2.73. The number of nitrogens with one attached hydrogen (secondary N) is 1. The van der Waals surface area contributed by atoms with Crippen molar-refractivity contribution >= 4 is 11.6 Å². The number of benzene rings is 2. The fourth-order valence-electron chi connectivity index (χ4n) is 2.26. The third kappa shape index (κ3) is 2.79. The van der Waals surface area contributed by atoms with Gasteiger partial charge in [0.25, 0.3) is 0 Å². The fraction of sp³-hybridized carbons (Fsp3) is 0.250. The number of aryl methyl sites for hydroxylation is 1. The minimum absolute atomic E-state index is 0.164. The van der Waals surface area contributed by atoms with Crippen LogP contribution in [0.1, 0.15) is 22.7 Å². The summed E-state index contributed by atoms with van der Waals surface area (Å²) in [6, 6.07) is 10.6. The van der Waals surface area contributed by atoms with E-state index in [-0.39, 0.29) is 17.6 Å². The molecule has 2 nitrogen and oxygen atoms in total. The van der Waals surface area contributed by atoms with Crippen molar-refractivity contribution < 1.29 is 9.13 Å². The van der Waals surface area contributed by atoms with Crippen LogP contribution in [-0.2, 0) is 0 Å². The monoisotopic (exact) mass is 293 g/mol. The molecule has 0 heterocycles. The third-order valence-corrected chi connectivity index (χ3v) is 3.85. The minimum Gasteiger partial charge on any atom is -0.494 e. The molecule has 0 saturated heterocycles. The van der Waals surface area contributed by atoms with Crippen molar-refractivity contribution in [3.63, 3.8) is 0 Å². The maximum atomic E-state index is 13.9. The molecule has 0 aromatic heterocycles. The summed E-state index contributed by atoms with van der Waals surface area (Å²) in [6.45, 7) is 1.95. The second-order valence-corrected chi connectivity index (χ2v) is 4.97. The summed E-state index contributed by atoms with van der Waals surface area (Å²) >= 11 is 6.36. The summed E-state index contributed by atoms with van der Waals surface area (Å²) in [7, 11) is 3.27. The van der Waals surface area contributed by atoms with Crippen molar-refractivity contribution in [3.8, 4) is 5.75 Å². The van der Waals surface area contributed by atoms with E-state index >= 15 is 0 Å². The topological polar surface area (TPSA) is 21.3 Å². The van der Waals surface area contributed by atoms with Gasteiger partial charge in [-0.3, -0.25) is 0 Å². The van der Waals surface area contributed by atoms with E-state index in [1.807, 2.05) is 38.2 Å². The molecule has 2 aromatic rings. The molecule has 1 atom stereocenters. The van der Waals surface area contributed by atoms with Crippen LogP contribution in [0.3, 0.4) is 0 Å². The lowest BCUT2D eigenvalue weighted by Gasteiger charge is -2.20. The van der Waals surface area contributed by atoms with E-state index < -0.39 is 0 Å². The summed E-state index contributed by atoms with van der Waals surface area (Å²) < 4.78 is 18.8. The van der Waals surface area contributed by atoms with Gasteiger partial charge in [-0.15, -0.1) is 0 Å². The first-order chi connectivity index (χ1) is 9.58. The van der Waals surface area contributed by atoms with Crippen molar-refractivity contribution in [2.24, 2.45) is 0 Å². The molecule has 0 saturated carbocycles. The zero-order valence-corrected chi connectivity index (χ0v) is 12.5. The molecule has 0 bridgehead atoms. The third-order valence-electron chi connectivity index (χ3n) is 3.33. The molecular formula is C16H17ClFNO. The van der Waals surface area contributed by atoms with Crippen LogP contribution in [0.5, 0.6) is 5.75 Å². The largest absolute Gasteiger partial charge is 0.494 e. The zero-order chi connectivity index (χ0) is 14.7. The Labute approximate surface area is 123 Å². The Kier molecular flexibility index (Phi) is 4.63. The Morgan fingerprint density at radius 3 is 2.60 bits per heavy atom. The highest BCUT2D eigenvalue weighted by molar-refractivity contribution is 6.32. The zero-order valence-electron chi connectivity index (χ0n) is 11.7. The van der Waals surface area contributed by atoms with Crippen LogP contribution in [-0.4, -0.2) is 14.2 Å². The summed E-state index contributed by atoms with van der Waals surface area (Å²) in [6.07, 6.45) is 0. The Hall–Kier alpha value is -1.58. The summed E-state index contributed by atoms with van der Waals surface area (Å²) in [5, 5.41) is 3.87. The predicted octanol–water partition coefficient (Wildman–Crippen LogP) is 4.10. The lowest BCUT2D eigenvalue weighted by Crippen LogP contribution is -2.18. The maximum Gasteiger partial charge on any atom is 0.165 e. The van der Waals surface area contributed by atoms with E-state index in [0.717, 1.165) is 16.7 Å². The highest BCUT2D eigenvalue weighted by atomic mass is 35.5. The van der Waals surface area contributed by atoms with E-state index in [1.165, 1.54) is 13.2 Å². The lowest BCUT2D eigenvalue weighted by atomic mass is 9.97. The van der Waals surface area contributed by atoms with Gasteiger partial charge >= 0.3 is 0 Å². The smallest absolute Gasteiger partial charge is 0.165 e. The quantitative estimate of drug-likeness (QED) is 0.916. The normalized spacial score (nSPS) is 12.2. The van der Waals surface area contributed by atoms with Crippen molar-refractivity contribution in [1.82, 2.24) is 5.32 Å². The first-order valence-corrected chi connectivity index (χ1v) is 6.72. The number of hydrogen-bond acceptors (Lipinski definition) is 2. The van der Waals surface area contributed by atoms with E-state index in [0.29, 0.717) is 5.02 Å². The van der Waals surface area contributed by atoms with Crippen LogP contribution in [0.25, 0.3) is 0 Å². The number of hydrogen-bond donors (Lipinski definition) is 1. The number of halogens is 2. The van der Waals surface area contributed by atoms with Gasteiger partial charge in [0.05, 0.1) is 13.2 Å². The van der Waals surface area contributed by atoms with Gasteiger partial charge in [0, 0.05) is 5.02 Å². The molecule has 0 amide bonds. The van der Waals surface area contributed by atoms with Gasteiger partial charge in [0.2, 0.25) is 0 Å². The number of methoxy groups -OCH3 is 1. The van der Waals surface area contributed by atoms with Crippen LogP contribution in [0.4, 0.5) is 4.39 Å². The van der Waals surface area contributed by atoms with Crippen LogP contribution in [0, 0.1) is 12.7 Å². The van der Waals surface area contributed by atoms with Gasteiger partial charge in [-0.05, 0) is 42.8 Å². The molecule has 0 fully saturated rings. The Balaban J connectivity index is 2.47. The fourth-order valence-corrected chi connectivity index (χ4v) is 2.49. The van der Waals surface area contributed by atoms with E-state index in [2.05, 4.69) is 5.32 Å². The van der Waals surface area contributed by atoms with Crippen LogP contribution >= 0.6 is 11.6 Å². The van der Waals surface area contributed by atoms with Gasteiger partial charge in [-0.2, -0.15) is 0 Å². The Morgan fingerprint density at radius 1 is 1.25 bits per heavy atom. The molecular weight excluding hydrogens is 277 g/mol. The maximum absolute atomic E-state index is 13.9. The average molecular weight is 294 g/mol. The summed E-state index contributed by atoms with van der Waals surface area (Å²) in [4.78, 5) is 0.